The third-order valence-electron chi connectivity index (χ3n) is 6.11. The van der Waals surface area contributed by atoms with E-state index in [0.29, 0.717) is 5.69 Å². The highest BCUT2D eigenvalue weighted by Gasteiger charge is 2.32. The van der Waals surface area contributed by atoms with E-state index in [-0.39, 0.29) is 12.8 Å². The molecule has 0 saturated heterocycles. The average Bonchev–Trinajstić information content (AvgIpc) is 3.55. The molecule has 0 spiro atoms. The highest BCUT2D eigenvalue weighted by atomic mass is 16.4. The van der Waals surface area contributed by atoms with E-state index in [2.05, 4.69) is 30.9 Å². The molecule has 3 rings (SSSR count). The number of carboxylic acid groups (broad SMARTS) is 1. The van der Waals surface area contributed by atoms with Crippen molar-refractivity contribution in [2.45, 2.75) is 50.9 Å². The van der Waals surface area contributed by atoms with E-state index in [1.807, 2.05) is 24.3 Å². The minimum absolute atomic E-state index is 0.0144. The van der Waals surface area contributed by atoms with Crippen LogP contribution in [0.2, 0.25) is 0 Å². The van der Waals surface area contributed by atoms with Crippen molar-refractivity contribution in [2.75, 3.05) is 6.61 Å². The summed E-state index contributed by atoms with van der Waals surface area (Å²) < 4.78 is 0. The van der Waals surface area contributed by atoms with Gasteiger partial charge in [0.05, 0.1) is 12.9 Å². The number of hydrogen-bond acceptors (Lipinski definition) is 7. The molecule has 0 aliphatic rings. The van der Waals surface area contributed by atoms with Crippen molar-refractivity contribution in [1.29, 1.82) is 0 Å². The average molecular weight is 528 g/mol. The number of carboxylic acids is 1. The minimum atomic E-state index is -1.25. The number of aliphatic hydroxyl groups is 1. The molecule has 0 radical (unpaired) electrons. The van der Waals surface area contributed by atoms with Gasteiger partial charge >= 0.3 is 5.97 Å². The fraction of sp³-hybridized carbons (Fsp3) is 0.400. The molecule has 204 valence electrons. The normalized spacial score (nSPS) is 14.4. The Balaban J connectivity index is 1.74. The maximum absolute atomic E-state index is 13.2. The lowest BCUT2D eigenvalue weighted by Gasteiger charge is -2.27. The molecule has 3 aromatic rings. The number of carbonyl (C=O) groups is 4. The van der Waals surface area contributed by atoms with E-state index in [1.165, 1.54) is 12.5 Å². The summed E-state index contributed by atoms with van der Waals surface area (Å²) in [6.45, 7) is 2.78. The van der Waals surface area contributed by atoms with Crippen LogP contribution in [0.15, 0.2) is 43.0 Å². The van der Waals surface area contributed by atoms with Gasteiger partial charge in [-0.2, -0.15) is 0 Å². The summed E-state index contributed by atoms with van der Waals surface area (Å²) in [5, 5.41) is 27.5. The van der Waals surface area contributed by atoms with E-state index < -0.39 is 60.4 Å². The van der Waals surface area contributed by atoms with Crippen LogP contribution in [0, 0.1) is 5.92 Å². The maximum Gasteiger partial charge on any atom is 0.326 e. The summed E-state index contributed by atoms with van der Waals surface area (Å²) in [4.78, 5) is 60.5. The van der Waals surface area contributed by atoms with E-state index in [1.54, 1.807) is 20.0 Å². The molecular formula is C25H33N7O6. The highest BCUT2D eigenvalue weighted by Crippen LogP contribution is 2.19. The van der Waals surface area contributed by atoms with Gasteiger partial charge < -0.3 is 41.9 Å². The number of hydrogen-bond donors (Lipinski definition) is 8. The fourth-order valence-electron chi connectivity index (χ4n) is 3.96. The number of aliphatic hydroxyl groups excluding tert-OH is 1. The number of aromatic amines is 2. The number of aliphatic carboxylic acids is 1. The second-order valence-corrected chi connectivity index (χ2v) is 9.32. The Hall–Kier alpha value is -4.23. The number of para-hydroxylation sites is 1. The van der Waals surface area contributed by atoms with Gasteiger partial charge in [-0.1, -0.05) is 32.0 Å². The molecule has 0 fully saturated rings. The topological polar surface area (TPSA) is 215 Å². The SMILES string of the molecule is CC(C)C(NC(=O)C(Cc1cnc[nH]1)NC(=O)C(N)CO)C(=O)NC(Cc1c[nH]c2ccccc12)C(=O)O. The first-order valence-corrected chi connectivity index (χ1v) is 12.1. The summed E-state index contributed by atoms with van der Waals surface area (Å²) in [6.07, 6.45) is 4.64. The van der Waals surface area contributed by atoms with Crippen molar-refractivity contribution >= 4 is 34.6 Å². The van der Waals surface area contributed by atoms with Gasteiger partial charge in [-0.05, 0) is 17.5 Å². The zero-order valence-electron chi connectivity index (χ0n) is 21.1. The Labute approximate surface area is 218 Å². The van der Waals surface area contributed by atoms with Gasteiger partial charge in [0, 0.05) is 41.8 Å². The van der Waals surface area contributed by atoms with Crippen molar-refractivity contribution in [2.24, 2.45) is 11.7 Å². The van der Waals surface area contributed by atoms with Crippen molar-refractivity contribution in [3.05, 3.63) is 54.2 Å². The van der Waals surface area contributed by atoms with Gasteiger partial charge in [0.1, 0.15) is 24.2 Å². The Morgan fingerprint density at radius 3 is 2.32 bits per heavy atom. The van der Waals surface area contributed by atoms with Crippen LogP contribution in [-0.2, 0) is 32.0 Å². The third-order valence-corrected chi connectivity index (χ3v) is 6.11. The van der Waals surface area contributed by atoms with Crippen molar-refractivity contribution in [1.82, 2.24) is 30.9 Å². The summed E-state index contributed by atoms with van der Waals surface area (Å²) in [5.74, 6) is -3.75. The first-order valence-electron chi connectivity index (χ1n) is 12.1. The lowest BCUT2D eigenvalue weighted by atomic mass is 10.00. The number of rotatable bonds is 13. The Morgan fingerprint density at radius 1 is 0.974 bits per heavy atom. The lowest BCUT2D eigenvalue weighted by molar-refractivity contribution is -0.142. The smallest absolute Gasteiger partial charge is 0.326 e. The number of amides is 3. The predicted molar refractivity (Wildman–Crippen MR) is 138 cm³/mol. The number of imidazole rings is 1. The van der Waals surface area contributed by atoms with Crippen LogP contribution < -0.4 is 21.7 Å². The number of nitrogens with one attached hydrogen (secondary N) is 5. The van der Waals surface area contributed by atoms with Crippen molar-refractivity contribution in [3.8, 4) is 0 Å². The molecule has 9 N–H and O–H groups in total. The Morgan fingerprint density at radius 2 is 1.68 bits per heavy atom. The van der Waals surface area contributed by atoms with Gasteiger partial charge in [0.15, 0.2) is 0 Å². The number of fused-ring (bicyclic) bond motifs is 1. The molecule has 0 bridgehead atoms. The second kappa shape index (κ2) is 12.8. The quantitative estimate of drug-likeness (QED) is 0.140. The summed E-state index contributed by atoms with van der Waals surface area (Å²) in [5.41, 5.74) is 7.68. The summed E-state index contributed by atoms with van der Waals surface area (Å²) >= 11 is 0. The van der Waals surface area contributed by atoms with Crippen molar-refractivity contribution < 1.29 is 29.4 Å². The Kier molecular flexibility index (Phi) is 9.57. The van der Waals surface area contributed by atoms with E-state index >= 15 is 0 Å². The summed E-state index contributed by atoms with van der Waals surface area (Å²) in [6, 6.07) is 2.69. The van der Waals surface area contributed by atoms with Gasteiger partial charge in [-0.3, -0.25) is 14.4 Å². The highest BCUT2D eigenvalue weighted by molar-refractivity contribution is 5.94. The molecule has 13 heteroatoms. The first kappa shape index (κ1) is 28.3. The number of nitrogens with zero attached hydrogens (tertiary/aromatic N) is 1. The van der Waals surface area contributed by atoms with Crippen LogP contribution in [0.25, 0.3) is 10.9 Å². The van der Waals surface area contributed by atoms with E-state index in [0.717, 1.165) is 16.5 Å². The van der Waals surface area contributed by atoms with Crippen LogP contribution in [0.3, 0.4) is 0 Å². The molecule has 3 amide bonds. The molecule has 4 atom stereocenters. The fourth-order valence-corrected chi connectivity index (χ4v) is 3.96. The van der Waals surface area contributed by atoms with Crippen LogP contribution in [-0.4, -0.2) is 79.6 Å². The zero-order chi connectivity index (χ0) is 27.8. The van der Waals surface area contributed by atoms with Crippen LogP contribution in [0.5, 0.6) is 0 Å². The maximum atomic E-state index is 13.2. The molecule has 1 aromatic carbocycles. The van der Waals surface area contributed by atoms with Crippen LogP contribution in [0.4, 0.5) is 0 Å². The van der Waals surface area contributed by atoms with Gasteiger partial charge in [-0.15, -0.1) is 0 Å². The number of benzene rings is 1. The molecule has 38 heavy (non-hydrogen) atoms. The first-order chi connectivity index (χ1) is 18.1. The summed E-state index contributed by atoms with van der Waals surface area (Å²) in [7, 11) is 0. The van der Waals surface area contributed by atoms with Crippen molar-refractivity contribution in [3.63, 3.8) is 0 Å². The van der Waals surface area contributed by atoms with Gasteiger partial charge in [0.25, 0.3) is 0 Å². The molecule has 13 nitrogen and oxygen atoms in total. The van der Waals surface area contributed by atoms with Crippen LogP contribution >= 0.6 is 0 Å². The number of aromatic nitrogens is 3. The van der Waals surface area contributed by atoms with E-state index in [4.69, 9.17) is 5.73 Å². The molecule has 4 unspecified atom stereocenters. The van der Waals surface area contributed by atoms with Crippen LogP contribution in [0.1, 0.15) is 25.1 Å². The molecule has 0 aliphatic heterocycles. The number of carbonyl (C=O) groups excluding carboxylic acids is 3. The number of H-pyrrole nitrogens is 2. The monoisotopic (exact) mass is 527 g/mol. The molecule has 2 heterocycles. The Bertz CT molecular complexity index is 1260. The van der Waals surface area contributed by atoms with Gasteiger partial charge in [-0.25, -0.2) is 9.78 Å². The predicted octanol–water partition coefficient (Wildman–Crippen LogP) is -0.809. The molecule has 0 saturated carbocycles. The molecule has 2 aromatic heterocycles. The minimum Gasteiger partial charge on any atom is -0.480 e. The standard InChI is InChI=1S/C25H33N7O6/c1-13(2)21(32-23(35)19(8-15-10-27-12-29-15)30-22(34)17(26)11-33)24(36)31-20(25(37)38)7-14-9-28-18-6-4-3-5-16(14)18/h3-6,9-10,12-13,17,19-21,28,33H,7-8,11,26H2,1-2H3,(H,27,29)(H,30,34)(H,31,36)(H,32,35)(H,37,38). The zero-order valence-corrected chi connectivity index (χ0v) is 21.1. The van der Waals surface area contributed by atoms with E-state index in [9.17, 15) is 29.4 Å². The second-order valence-electron chi connectivity index (χ2n) is 9.32. The third kappa shape index (κ3) is 7.17. The van der Waals surface area contributed by atoms with Gasteiger partial charge in [0.2, 0.25) is 17.7 Å². The lowest BCUT2D eigenvalue weighted by Crippen LogP contribution is -2.59. The number of nitrogens with two attached hydrogens (primary N) is 1. The molecule has 0 aliphatic carbocycles. The molecular weight excluding hydrogens is 494 g/mol. The largest absolute Gasteiger partial charge is 0.480 e.